The molecule has 1 aliphatic rings. The van der Waals surface area contributed by atoms with Gasteiger partial charge in [0.15, 0.2) is 5.96 Å². The quantitative estimate of drug-likeness (QED) is 0.335. The van der Waals surface area contributed by atoms with Crippen LogP contribution in [0.2, 0.25) is 0 Å². The largest absolute Gasteiger partial charge is 0.370 e. The molecule has 2 rings (SSSR count). The van der Waals surface area contributed by atoms with Gasteiger partial charge < -0.3 is 11.1 Å². The number of guanidine groups is 1. The van der Waals surface area contributed by atoms with Crippen molar-refractivity contribution in [2.75, 3.05) is 5.32 Å². The molecule has 0 amide bonds. The minimum Gasteiger partial charge on any atom is -0.370 e. The Kier molecular flexibility index (Phi) is 6.73. The van der Waals surface area contributed by atoms with Gasteiger partial charge in [0.25, 0.3) is 0 Å². The molecule has 0 fully saturated rings. The summed E-state index contributed by atoms with van der Waals surface area (Å²) in [6.07, 6.45) is 10.3. The van der Waals surface area contributed by atoms with Crippen molar-refractivity contribution >= 4 is 35.6 Å². The SMILES string of the molecule is C#CC(N=C(N)Nc1cccc2c1CCCC2)C(C)(C)C.I. The van der Waals surface area contributed by atoms with Gasteiger partial charge in [0, 0.05) is 5.69 Å². The predicted octanol–water partition coefficient (Wildman–Crippen LogP) is 3.96. The molecule has 3 nitrogen and oxygen atoms in total. The first-order chi connectivity index (χ1) is 9.91. The van der Waals surface area contributed by atoms with Gasteiger partial charge in [0.2, 0.25) is 0 Å². The van der Waals surface area contributed by atoms with Crippen LogP contribution >= 0.6 is 24.0 Å². The summed E-state index contributed by atoms with van der Waals surface area (Å²) in [5, 5.41) is 3.24. The standard InChI is InChI=1S/C18H25N3.HI/c1-5-16(18(2,3)4)21-17(19)20-15-12-8-10-13-9-6-7-11-14(13)15;/h1,8,10,12,16H,6-7,9,11H2,2-4H3,(H3,19,20,21);1H. The summed E-state index contributed by atoms with van der Waals surface area (Å²) in [6, 6.07) is 6.10. The summed E-state index contributed by atoms with van der Waals surface area (Å²) in [5.41, 5.74) is 9.81. The number of aliphatic imine (C=N–C) groups is 1. The molecule has 1 aromatic carbocycles. The van der Waals surface area contributed by atoms with Crippen molar-refractivity contribution in [3.8, 4) is 12.3 Å². The average Bonchev–Trinajstić information content (AvgIpc) is 2.44. The minimum absolute atomic E-state index is 0. The number of anilines is 1. The van der Waals surface area contributed by atoms with Crippen LogP contribution in [-0.2, 0) is 12.8 Å². The molecule has 0 heterocycles. The average molecular weight is 411 g/mol. The number of hydrogen-bond acceptors (Lipinski definition) is 1. The molecule has 4 heteroatoms. The van der Waals surface area contributed by atoms with Crippen molar-refractivity contribution in [3.63, 3.8) is 0 Å². The van der Waals surface area contributed by atoms with Gasteiger partial charge in [0.1, 0.15) is 6.04 Å². The van der Waals surface area contributed by atoms with E-state index in [0.29, 0.717) is 5.96 Å². The van der Waals surface area contributed by atoms with Crippen LogP contribution in [0.4, 0.5) is 5.69 Å². The molecule has 0 aliphatic heterocycles. The zero-order valence-electron chi connectivity index (χ0n) is 13.6. The summed E-state index contributed by atoms with van der Waals surface area (Å²) in [7, 11) is 0. The van der Waals surface area contributed by atoms with Crippen molar-refractivity contribution in [3.05, 3.63) is 29.3 Å². The van der Waals surface area contributed by atoms with Crippen molar-refractivity contribution < 1.29 is 0 Å². The fourth-order valence-electron chi connectivity index (χ4n) is 2.69. The van der Waals surface area contributed by atoms with Gasteiger partial charge in [-0.3, -0.25) is 0 Å². The Morgan fingerprint density at radius 3 is 2.64 bits per heavy atom. The molecule has 22 heavy (non-hydrogen) atoms. The lowest BCUT2D eigenvalue weighted by Crippen LogP contribution is -2.30. The van der Waals surface area contributed by atoms with Crippen LogP contribution in [0.25, 0.3) is 0 Å². The van der Waals surface area contributed by atoms with Gasteiger partial charge in [-0.25, -0.2) is 4.99 Å². The number of nitrogens with one attached hydrogen (secondary N) is 1. The lowest BCUT2D eigenvalue weighted by atomic mass is 9.88. The molecular weight excluding hydrogens is 385 g/mol. The Balaban J connectivity index is 0.00000242. The molecule has 1 aliphatic carbocycles. The lowest BCUT2D eigenvalue weighted by Gasteiger charge is -2.24. The summed E-state index contributed by atoms with van der Waals surface area (Å²) < 4.78 is 0. The summed E-state index contributed by atoms with van der Waals surface area (Å²) in [6.45, 7) is 6.20. The third-order valence-electron chi connectivity index (χ3n) is 3.91. The summed E-state index contributed by atoms with van der Waals surface area (Å²) in [5.74, 6) is 3.11. The predicted molar refractivity (Wildman–Crippen MR) is 106 cm³/mol. The van der Waals surface area contributed by atoms with E-state index in [1.807, 2.05) is 0 Å². The number of fused-ring (bicyclic) bond motifs is 1. The van der Waals surface area contributed by atoms with Crippen molar-refractivity contribution in [1.82, 2.24) is 0 Å². The first kappa shape index (κ1) is 18.8. The smallest absolute Gasteiger partial charge is 0.194 e. The Morgan fingerprint density at radius 2 is 2.00 bits per heavy atom. The number of aryl methyl sites for hydroxylation is 1. The van der Waals surface area contributed by atoms with Gasteiger partial charge >= 0.3 is 0 Å². The van der Waals surface area contributed by atoms with Gasteiger partial charge in [-0.05, 0) is 48.3 Å². The van der Waals surface area contributed by atoms with E-state index < -0.39 is 0 Å². The fourth-order valence-corrected chi connectivity index (χ4v) is 2.69. The third kappa shape index (κ3) is 4.64. The Labute approximate surface area is 151 Å². The second-order valence-corrected chi connectivity index (χ2v) is 6.72. The highest BCUT2D eigenvalue weighted by atomic mass is 127. The van der Waals surface area contributed by atoms with E-state index in [2.05, 4.69) is 55.2 Å². The van der Waals surface area contributed by atoms with Crippen molar-refractivity contribution in [1.29, 1.82) is 0 Å². The number of hydrogen-bond donors (Lipinski definition) is 2. The lowest BCUT2D eigenvalue weighted by molar-refractivity contribution is 0.376. The maximum atomic E-state index is 6.06. The molecule has 1 atom stereocenters. The molecule has 0 aromatic heterocycles. The number of halogens is 1. The highest BCUT2D eigenvalue weighted by Gasteiger charge is 2.22. The molecule has 3 N–H and O–H groups in total. The maximum absolute atomic E-state index is 6.06. The highest BCUT2D eigenvalue weighted by Crippen LogP contribution is 2.28. The van der Waals surface area contributed by atoms with Gasteiger partial charge in [-0.1, -0.05) is 38.8 Å². The molecule has 120 valence electrons. The minimum atomic E-state index is -0.232. The van der Waals surface area contributed by atoms with Crippen molar-refractivity contribution in [2.45, 2.75) is 52.5 Å². The zero-order chi connectivity index (χ0) is 15.5. The van der Waals surface area contributed by atoms with Crippen LogP contribution in [0.5, 0.6) is 0 Å². The molecule has 0 saturated heterocycles. The number of nitrogens with two attached hydrogens (primary N) is 1. The third-order valence-corrected chi connectivity index (χ3v) is 3.91. The second-order valence-electron chi connectivity index (χ2n) is 6.72. The van der Waals surface area contributed by atoms with Gasteiger partial charge in [0.05, 0.1) is 0 Å². The molecule has 0 saturated carbocycles. The van der Waals surface area contributed by atoms with Crippen molar-refractivity contribution in [2.24, 2.45) is 16.1 Å². The zero-order valence-corrected chi connectivity index (χ0v) is 16.0. The van der Waals surface area contributed by atoms with E-state index in [1.165, 1.54) is 24.0 Å². The summed E-state index contributed by atoms with van der Waals surface area (Å²) in [4.78, 5) is 4.46. The fraction of sp³-hybridized carbons (Fsp3) is 0.500. The summed E-state index contributed by atoms with van der Waals surface area (Å²) >= 11 is 0. The normalized spacial score (nSPS) is 16.0. The van der Waals surface area contributed by atoms with Crippen LogP contribution in [0.3, 0.4) is 0 Å². The number of terminal acetylenes is 1. The van der Waals surface area contributed by atoms with Crippen LogP contribution in [0.15, 0.2) is 23.2 Å². The number of rotatable bonds is 2. The molecule has 0 radical (unpaired) electrons. The second kappa shape index (κ2) is 7.87. The van der Waals surface area contributed by atoms with E-state index >= 15 is 0 Å². The van der Waals surface area contributed by atoms with Crippen LogP contribution in [0.1, 0.15) is 44.7 Å². The molecule has 0 bridgehead atoms. The van der Waals surface area contributed by atoms with E-state index in [1.54, 1.807) is 0 Å². The Hall–Kier alpha value is -1.22. The van der Waals surface area contributed by atoms with Crippen LogP contribution < -0.4 is 11.1 Å². The monoisotopic (exact) mass is 411 g/mol. The van der Waals surface area contributed by atoms with E-state index in [4.69, 9.17) is 12.2 Å². The van der Waals surface area contributed by atoms with Gasteiger partial charge in [-0.15, -0.1) is 30.4 Å². The molecular formula is C18H26IN3. The highest BCUT2D eigenvalue weighted by molar-refractivity contribution is 14.0. The Bertz CT molecular complexity index is 579. The Morgan fingerprint density at radius 1 is 1.32 bits per heavy atom. The van der Waals surface area contributed by atoms with Crippen LogP contribution in [0, 0.1) is 17.8 Å². The molecule has 1 aromatic rings. The number of nitrogens with zero attached hydrogens (tertiary/aromatic N) is 1. The van der Waals surface area contributed by atoms with E-state index in [9.17, 15) is 0 Å². The van der Waals surface area contributed by atoms with Crippen LogP contribution in [-0.4, -0.2) is 12.0 Å². The molecule has 1 unspecified atom stereocenters. The van der Waals surface area contributed by atoms with E-state index in [-0.39, 0.29) is 35.4 Å². The topological polar surface area (TPSA) is 50.4 Å². The van der Waals surface area contributed by atoms with Gasteiger partial charge in [-0.2, -0.15) is 0 Å². The first-order valence-corrected chi connectivity index (χ1v) is 7.59. The maximum Gasteiger partial charge on any atom is 0.194 e. The number of benzene rings is 1. The van der Waals surface area contributed by atoms with E-state index in [0.717, 1.165) is 18.5 Å². The first-order valence-electron chi connectivity index (χ1n) is 7.59. The molecule has 0 spiro atoms.